The van der Waals surface area contributed by atoms with Crippen molar-refractivity contribution >= 4 is 15.7 Å². The fourth-order valence-corrected chi connectivity index (χ4v) is 4.02. The lowest BCUT2D eigenvalue weighted by Gasteiger charge is -2.18. The summed E-state index contributed by atoms with van der Waals surface area (Å²) in [5, 5.41) is 2.81. The molecule has 0 spiro atoms. The van der Waals surface area contributed by atoms with Crippen LogP contribution in [0, 0.1) is 5.92 Å². The van der Waals surface area contributed by atoms with Crippen molar-refractivity contribution in [3.8, 4) is 11.5 Å². The van der Waals surface area contributed by atoms with E-state index >= 15 is 0 Å². The molecule has 0 aliphatic carbocycles. The molecule has 3 N–H and O–H groups in total. The lowest BCUT2D eigenvalue weighted by molar-refractivity contribution is -0.121. The summed E-state index contributed by atoms with van der Waals surface area (Å²) in [7, 11) is -3.59. The number of ether oxygens (including phenoxy) is 2. The first-order valence-electron chi connectivity index (χ1n) is 8.93. The number of carbonyl (C=O) groups excluding carboxylic acids is 1. The van der Waals surface area contributed by atoms with Gasteiger partial charge >= 0.3 is 0 Å². The molecule has 1 amide bonds. The van der Waals surface area contributed by atoms with Gasteiger partial charge in [0.1, 0.15) is 0 Å². The van der Waals surface area contributed by atoms with Crippen molar-refractivity contribution in [3.05, 3.63) is 18.2 Å². The second-order valence-electron chi connectivity index (χ2n) is 6.86. The fraction of sp³-hybridized carbons (Fsp3) is 0.611. The summed E-state index contributed by atoms with van der Waals surface area (Å²) in [6, 6.07) is 4.42. The summed E-state index contributed by atoms with van der Waals surface area (Å²) in [5.41, 5.74) is 5.66. The third kappa shape index (κ3) is 5.88. The van der Waals surface area contributed by atoms with Gasteiger partial charge in [-0.15, -0.1) is 0 Å². The van der Waals surface area contributed by atoms with Crippen LogP contribution in [0.2, 0.25) is 0 Å². The summed E-state index contributed by atoms with van der Waals surface area (Å²) in [6.45, 7) is 5.44. The van der Waals surface area contributed by atoms with E-state index in [2.05, 4.69) is 5.32 Å². The van der Waals surface area contributed by atoms with Gasteiger partial charge in [-0.25, -0.2) is 8.42 Å². The Balaban J connectivity index is 1.98. The molecular formula is C18H28N2O5S. The summed E-state index contributed by atoms with van der Waals surface area (Å²) in [5.74, 6) is 0.789. The molecule has 1 atom stereocenters. The van der Waals surface area contributed by atoms with Crippen LogP contribution in [-0.2, 0) is 14.6 Å². The van der Waals surface area contributed by atoms with Crippen LogP contribution in [-0.4, -0.2) is 45.9 Å². The molecule has 0 saturated carbocycles. The fourth-order valence-electron chi connectivity index (χ4n) is 2.76. The second kappa shape index (κ2) is 9.23. The van der Waals surface area contributed by atoms with Gasteiger partial charge in [0.05, 0.1) is 23.9 Å². The first kappa shape index (κ1) is 20.5. The number of rotatable bonds is 8. The zero-order valence-corrected chi connectivity index (χ0v) is 16.2. The van der Waals surface area contributed by atoms with E-state index in [0.29, 0.717) is 37.2 Å². The van der Waals surface area contributed by atoms with Gasteiger partial charge in [0, 0.05) is 31.5 Å². The van der Waals surface area contributed by atoms with Gasteiger partial charge in [0.2, 0.25) is 5.91 Å². The highest BCUT2D eigenvalue weighted by molar-refractivity contribution is 7.91. The highest BCUT2D eigenvalue weighted by atomic mass is 32.2. The molecule has 0 aromatic heterocycles. The van der Waals surface area contributed by atoms with Crippen LogP contribution in [0.25, 0.3) is 0 Å². The summed E-state index contributed by atoms with van der Waals surface area (Å²) in [6.07, 6.45) is 1.40. The topological polar surface area (TPSA) is 108 Å². The van der Waals surface area contributed by atoms with E-state index in [-0.39, 0.29) is 29.0 Å². The number of sulfone groups is 1. The van der Waals surface area contributed by atoms with Gasteiger partial charge in [-0.2, -0.15) is 0 Å². The molecule has 0 radical (unpaired) electrons. The van der Waals surface area contributed by atoms with Crippen molar-refractivity contribution in [2.45, 2.75) is 44.0 Å². The standard InChI is InChI=1S/C18H28N2O5S/c1-13(2)10-14(12-19)20-18(21)6-9-26(22,23)15-4-5-16-17(11-15)25-8-3-7-24-16/h4-5,11,13-14H,3,6-10,12,19H2,1-2H3,(H,20,21). The average molecular weight is 384 g/mol. The highest BCUT2D eigenvalue weighted by Crippen LogP contribution is 2.32. The summed E-state index contributed by atoms with van der Waals surface area (Å²) in [4.78, 5) is 12.2. The van der Waals surface area contributed by atoms with Crippen molar-refractivity contribution in [2.24, 2.45) is 11.7 Å². The lowest BCUT2D eigenvalue weighted by Crippen LogP contribution is -2.41. The number of nitrogens with two attached hydrogens (primary N) is 1. The Bertz CT molecular complexity index is 718. The lowest BCUT2D eigenvalue weighted by atomic mass is 10.0. The average Bonchev–Trinajstić information content (AvgIpc) is 2.83. The van der Waals surface area contributed by atoms with E-state index in [0.717, 1.165) is 12.8 Å². The van der Waals surface area contributed by atoms with E-state index in [1.807, 2.05) is 13.8 Å². The van der Waals surface area contributed by atoms with E-state index in [9.17, 15) is 13.2 Å². The Morgan fingerprint density at radius 2 is 1.92 bits per heavy atom. The van der Waals surface area contributed by atoms with Crippen LogP contribution in [0.15, 0.2) is 23.1 Å². The van der Waals surface area contributed by atoms with Crippen molar-refractivity contribution in [3.63, 3.8) is 0 Å². The number of nitrogens with one attached hydrogen (secondary N) is 1. The number of fused-ring (bicyclic) bond motifs is 1. The first-order valence-corrected chi connectivity index (χ1v) is 10.6. The number of hydrogen-bond donors (Lipinski definition) is 2. The van der Waals surface area contributed by atoms with Crippen LogP contribution < -0.4 is 20.5 Å². The van der Waals surface area contributed by atoms with Crippen LogP contribution in [0.1, 0.15) is 33.1 Å². The molecule has 146 valence electrons. The molecule has 0 fully saturated rings. The van der Waals surface area contributed by atoms with Crippen molar-refractivity contribution < 1.29 is 22.7 Å². The summed E-state index contributed by atoms with van der Waals surface area (Å²) < 4.78 is 36.1. The number of hydrogen-bond acceptors (Lipinski definition) is 6. The zero-order chi connectivity index (χ0) is 19.2. The monoisotopic (exact) mass is 384 g/mol. The Labute approximate surface area is 155 Å². The molecule has 1 aliphatic rings. The summed E-state index contributed by atoms with van der Waals surface area (Å²) >= 11 is 0. The Morgan fingerprint density at radius 3 is 2.58 bits per heavy atom. The molecule has 1 aliphatic heterocycles. The predicted octanol–water partition coefficient (Wildman–Crippen LogP) is 1.50. The van der Waals surface area contributed by atoms with Crippen LogP contribution in [0.3, 0.4) is 0 Å². The van der Waals surface area contributed by atoms with E-state index in [1.54, 1.807) is 6.07 Å². The Hall–Kier alpha value is -1.80. The molecule has 26 heavy (non-hydrogen) atoms. The van der Waals surface area contributed by atoms with Gasteiger partial charge in [0.15, 0.2) is 21.3 Å². The molecular weight excluding hydrogens is 356 g/mol. The molecule has 7 nitrogen and oxygen atoms in total. The number of carbonyl (C=O) groups is 1. The zero-order valence-electron chi connectivity index (χ0n) is 15.4. The van der Waals surface area contributed by atoms with E-state index in [1.165, 1.54) is 12.1 Å². The minimum Gasteiger partial charge on any atom is -0.490 e. The molecule has 2 rings (SSSR count). The van der Waals surface area contributed by atoms with Crippen molar-refractivity contribution in [1.29, 1.82) is 0 Å². The van der Waals surface area contributed by atoms with Crippen molar-refractivity contribution in [1.82, 2.24) is 5.32 Å². The third-order valence-electron chi connectivity index (χ3n) is 4.08. The minimum absolute atomic E-state index is 0.106. The van der Waals surface area contributed by atoms with E-state index < -0.39 is 9.84 Å². The second-order valence-corrected chi connectivity index (χ2v) is 8.97. The van der Waals surface area contributed by atoms with Crippen LogP contribution in [0.5, 0.6) is 11.5 Å². The van der Waals surface area contributed by atoms with E-state index in [4.69, 9.17) is 15.2 Å². The van der Waals surface area contributed by atoms with Gasteiger partial charge < -0.3 is 20.5 Å². The quantitative estimate of drug-likeness (QED) is 0.703. The molecule has 1 aromatic rings. The molecule has 0 bridgehead atoms. The Kier molecular flexibility index (Phi) is 7.28. The maximum atomic E-state index is 12.5. The molecule has 1 aromatic carbocycles. The van der Waals surface area contributed by atoms with Crippen LogP contribution >= 0.6 is 0 Å². The maximum absolute atomic E-state index is 12.5. The third-order valence-corrected chi connectivity index (χ3v) is 5.80. The molecule has 1 unspecified atom stereocenters. The molecule has 0 saturated heterocycles. The molecule has 1 heterocycles. The molecule has 8 heteroatoms. The first-order chi connectivity index (χ1) is 12.3. The minimum atomic E-state index is -3.59. The normalized spacial score (nSPS) is 15.4. The van der Waals surface area contributed by atoms with Gasteiger partial charge in [-0.05, 0) is 24.5 Å². The number of benzene rings is 1. The smallest absolute Gasteiger partial charge is 0.221 e. The van der Waals surface area contributed by atoms with Crippen LogP contribution in [0.4, 0.5) is 0 Å². The van der Waals surface area contributed by atoms with Gasteiger partial charge in [-0.1, -0.05) is 13.8 Å². The number of amides is 1. The Morgan fingerprint density at radius 1 is 1.23 bits per heavy atom. The predicted molar refractivity (Wildman–Crippen MR) is 99.2 cm³/mol. The van der Waals surface area contributed by atoms with Gasteiger partial charge in [0.25, 0.3) is 0 Å². The SMILES string of the molecule is CC(C)CC(CN)NC(=O)CCS(=O)(=O)c1ccc2c(c1)OCCCO2. The largest absolute Gasteiger partial charge is 0.490 e. The maximum Gasteiger partial charge on any atom is 0.221 e. The van der Waals surface area contributed by atoms with Gasteiger partial charge in [-0.3, -0.25) is 4.79 Å². The highest BCUT2D eigenvalue weighted by Gasteiger charge is 2.21. The van der Waals surface area contributed by atoms with Crippen molar-refractivity contribution in [2.75, 3.05) is 25.5 Å².